The quantitative estimate of drug-likeness (QED) is 0.113. The Hall–Kier alpha value is -8.95. The van der Waals surface area contributed by atoms with Gasteiger partial charge in [-0.2, -0.15) is 9.97 Å². The van der Waals surface area contributed by atoms with Crippen LogP contribution in [0.3, 0.4) is 0 Å². The zero-order valence-electron chi connectivity index (χ0n) is 44.6. The Kier molecular flexibility index (Phi) is 13.7. The number of ether oxygens (including phenoxy) is 2. The number of aromatic hydroxyl groups is 2. The standard InChI is InChI=1S/C30H28F2N6O4.C28H27F2N5O3/c1-5-20(40)36-11-12-37-17(13-36)14-42-29-22-27(23(32)25(34-29)21-18(31)7-6-8-19(21)39)38(30(41)35-28(22)37)26-16(4)9-10-33-24(26)15(2)3;1-14(2)22-24(15(3)10-11-31-22)35-25-20-26(33-28(35)37)34-12-5-4-7-16(34)13-38-27(20)32-23(21(25)30)19-17(29)8-6-9-18(19)36/h5-10,15,17,39H,1,11-14H2,2-4H3;6,8-11,14,16,36H,4-5,7,12-13H2,1-3H3/t17-;16-/m00/s1. The SMILES string of the molecule is C=CC(=O)N1CCN2c3nc(=O)n(-c4c(C)ccnc4C(C)C)c4c(F)c(-c5c(O)cccc5F)nc(c34)OC[C@@H]2C1.Cc1ccnc(C(C)C)c1-n1c(=O)nc2c3c(nc(-c4c(O)cccc4F)c(F)c31)OC[C@@H]1CCCCN21. The third-order valence-corrected chi connectivity index (χ3v) is 15.1. The van der Waals surface area contributed by atoms with Crippen molar-refractivity contribution in [2.24, 2.45) is 0 Å². The molecule has 2 fully saturated rings. The molecule has 1 amide bonds. The number of hydrogen-bond acceptors (Lipinski definition) is 15. The number of benzene rings is 2. The van der Waals surface area contributed by atoms with Crippen molar-refractivity contribution in [3.8, 4) is 57.1 Å². The fraction of sp³-hybridized carbons (Fsp3) is 0.328. The number of phenols is 2. The van der Waals surface area contributed by atoms with Gasteiger partial charge in [-0.3, -0.25) is 23.9 Å². The van der Waals surface area contributed by atoms with Gasteiger partial charge >= 0.3 is 11.4 Å². The minimum atomic E-state index is -1.03. The van der Waals surface area contributed by atoms with Crippen molar-refractivity contribution in [2.75, 3.05) is 49.2 Å². The second kappa shape index (κ2) is 20.7. The summed E-state index contributed by atoms with van der Waals surface area (Å²) in [6.45, 7) is 16.6. The zero-order chi connectivity index (χ0) is 56.6. The molecule has 4 aliphatic heterocycles. The number of halogens is 4. The van der Waals surface area contributed by atoms with Crippen molar-refractivity contribution in [3.63, 3.8) is 0 Å². The zero-order valence-corrected chi connectivity index (χ0v) is 44.6. The maximum absolute atomic E-state index is 16.9. The van der Waals surface area contributed by atoms with E-state index < -0.39 is 74.7 Å². The summed E-state index contributed by atoms with van der Waals surface area (Å²) < 4.78 is 78.4. The molecule has 0 bridgehead atoms. The molecule has 8 aromatic rings. The summed E-state index contributed by atoms with van der Waals surface area (Å²) in [5, 5.41) is 21.4. The van der Waals surface area contributed by atoms with Gasteiger partial charge in [0.25, 0.3) is 0 Å². The number of piperidine rings is 1. The number of nitrogens with zero attached hydrogens (tertiary/aromatic N) is 11. The van der Waals surface area contributed by atoms with E-state index >= 15 is 13.2 Å². The van der Waals surface area contributed by atoms with E-state index in [9.17, 15) is 29.0 Å². The van der Waals surface area contributed by atoms with Gasteiger partial charge in [-0.05, 0) is 98.5 Å². The number of pyridine rings is 4. The van der Waals surface area contributed by atoms with Crippen LogP contribution in [0.1, 0.15) is 81.3 Å². The number of anilines is 2. The first-order valence-corrected chi connectivity index (χ1v) is 26.3. The Balaban J connectivity index is 0.000000170. The molecule has 2 atom stereocenters. The van der Waals surface area contributed by atoms with Crippen LogP contribution in [0.2, 0.25) is 0 Å². The maximum atomic E-state index is 16.9. The van der Waals surface area contributed by atoms with Gasteiger partial charge in [0, 0.05) is 38.6 Å². The normalized spacial score (nSPS) is 16.6. The maximum Gasteiger partial charge on any atom is 0.354 e. The Morgan fingerprint density at radius 3 is 1.60 bits per heavy atom. The molecule has 22 heteroatoms. The average Bonchev–Trinajstić information content (AvgIpc) is 3.87. The van der Waals surface area contributed by atoms with Crippen LogP contribution >= 0.6 is 0 Å². The van der Waals surface area contributed by atoms with Crippen LogP contribution in [-0.2, 0) is 4.79 Å². The van der Waals surface area contributed by atoms with Gasteiger partial charge < -0.3 is 34.4 Å². The number of phenolic OH excluding ortho intramolecular Hbond substituents is 2. The van der Waals surface area contributed by atoms with Crippen molar-refractivity contribution < 1.29 is 42.0 Å². The van der Waals surface area contributed by atoms with E-state index in [4.69, 9.17) is 9.47 Å². The van der Waals surface area contributed by atoms with Gasteiger partial charge in [-0.25, -0.2) is 37.1 Å². The summed E-state index contributed by atoms with van der Waals surface area (Å²) in [6, 6.07) is 10.2. The first-order chi connectivity index (χ1) is 38.4. The van der Waals surface area contributed by atoms with E-state index in [1.54, 1.807) is 36.4 Å². The molecule has 0 radical (unpaired) electrons. The van der Waals surface area contributed by atoms with Crippen LogP contribution in [0.4, 0.5) is 29.2 Å². The number of carbonyl (C=O) groups is 1. The molecule has 0 aliphatic carbocycles. The molecule has 6 aromatic heterocycles. The van der Waals surface area contributed by atoms with E-state index in [2.05, 4.69) is 36.5 Å². The van der Waals surface area contributed by atoms with E-state index in [1.165, 1.54) is 34.9 Å². The van der Waals surface area contributed by atoms with Crippen molar-refractivity contribution in [1.29, 1.82) is 0 Å². The van der Waals surface area contributed by atoms with Gasteiger partial charge in [-0.1, -0.05) is 46.4 Å². The summed E-state index contributed by atoms with van der Waals surface area (Å²) in [6.07, 6.45) is 7.19. The predicted molar refractivity (Wildman–Crippen MR) is 291 cm³/mol. The molecular formula is C58H55F4N11O7. The lowest BCUT2D eigenvalue weighted by Crippen LogP contribution is -2.56. The molecule has 0 unspecified atom stereocenters. The summed E-state index contributed by atoms with van der Waals surface area (Å²) in [5.41, 5.74) is -0.441. The monoisotopic (exact) mass is 1090 g/mol. The van der Waals surface area contributed by atoms with Crippen LogP contribution in [0, 0.1) is 37.1 Å². The molecule has 0 spiro atoms. The lowest BCUT2D eigenvalue weighted by Gasteiger charge is -2.40. The number of rotatable bonds is 7. The minimum Gasteiger partial charge on any atom is -0.507 e. The lowest BCUT2D eigenvalue weighted by molar-refractivity contribution is -0.126. The van der Waals surface area contributed by atoms with Crippen molar-refractivity contribution in [2.45, 2.75) is 84.7 Å². The first kappa shape index (κ1) is 53.1. The highest BCUT2D eigenvalue weighted by Gasteiger charge is 2.39. The van der Waals surface area contributed by atoms with Gasteiger partial charge in [0.1, 0.15) is 81.2 Å². The molecule has 4 aliphatic rings. The van der Waals surface area contributed by atoms with Gasteiger partial charge in [0.15, 0.2) is 11.6 Å². The molecule has 2 aromatic carbocycles. The number of aryl methyl sites for hydroxylation is 2. The third-order valence-electron chi connectivity index (χ3n) is 15.1. The van der Waals surface area contributed by atoms with E-state index in [0.717, 1.165) is 36.0 Å². The molecule has 80 heavy (non-hydrogen) atoms. The highest BCUT2D eigenvalue weighted by atomic mass is 19.1. The second-order valence-corrected chi connectivity index (χ2v) is 20.8. The van der Waals surface area contributed by atoms with Crippen LogP contribution in [0.15, 0.2) is 83.2 Å². The Morgan fingerprint density at radius 1 is 0.662 bits per heavy atom. The van der Waals surface area contributed by atoms with Gasteiger partial charge in [0.2, 0.25) is 17.7 Å². The van der Waals surface area contributed by atoms with Gasteiger partial charge in [-0.15, -0.1) is 0 Å². The van der Waals surface area contributed by atoms with E-state index in [0.29, 0.717) is 59.3 Å². The number of carbonyl (C=O) groups excluding carboxylic acids is 1. The smallest absolute Gasteiger partial charge is 0.354 e. The van der Waals surface area contributed by atoms with Crippen LogP contribution < -0.4 is 30.7 Å². The molecule has 10 heterocycles. The fourth-order valence-corrected chi connectivity index (χ4v) is 11.3. The summed E-state index contributed by atoms with van der Waals surface area (Å²) in [5.74, 6) is -4.81. The Labute approximate surface area is 455 Å². The predicted octanol–water partition coefficient (Wildman–Crippen LogP) is 8.86. The van der Waals surface area contributed by atoms with Gasteiger partial charge in [0.05, 0.1) is 46.0 Å². The fourth-order valence-electron chi connectivity index (χ4n) is 11.3. The molecule has 2 N–H and O–H groups in total. The van der Waals surface area contributed by atoms with Crippen LogP contribution in [0.5, 0.6) is 23.3 Å². The van der Waals surface area contributed by atoms with E-state index in [1.807, 2.05) is 44.4 Å². The number of hydrogen-bond donors (Lipinski definition) is 2. The number of piperazine rings is 1. The minimum absolute atomic E-state index is 0.0189. The number of fused-ring (bicyclic) bond motifs is 4. The topological polar surface area (TPSA) is 207 Å². The molecule has 0 saturated carbocycles. The van der Waals surface area contributed by atoms with Crippen molar-refractivity contribution in [1.82, 2.24) is 43.9 Å². The number of amides is 1. The summed E-state index contributed by atoms with van der Waals surface area (Å²) >= 11 is 0. The summed E-state index contributed by atoms with van der Waals surface area (Å²) in [7, 11) is 0. The molecule has 2 saturated heterocycles. The third kappa shape index (κ3) is 8.76. The van der Waals surface area contributed by atoms with Crippen LogP contribution in [0.25, 0.3) is 55.7 Å². The van der Waals surface area contributed by atoms with Crippen LogP contribution in [-0.4, -0.2) is 112 Å². The molecule has 12 rings (SSSR count). The first-order valence-electron chi connectivity index (χ1n) is 26.3. The Morgan fingerprint density at radius 2 is 1.14 bits per heavy atom. The van der Waals surface area contributed by atoms with Crippen molar-refractivity contribution in [3.05, 3.63) is 140 Å². The highest BCUT2D eigenvalue weighted by molar-refractivity contribution is 6.00. The van der Waals surface area contributed by atoms with Crippen molar-refractivity contribution >= 4 is 39.3 Å². The summed E-state index contributed by atoms with van der Waals surface area (Å²) in [4.78, 5) is 72.3. The highest BCUT2D eigenvalue weighted by Crippen LogP contribution is 2.46. The lowest BCUT2D eigenvalue weighted by atomic mass is 10.0. The molecule has 18 nitrogen and oxygen atoms in total. The average molecular weight is 1090 g/mol. The Bertz CT molecular complexity index is 3960. The number of aromatic nitrogens is 8. The largest absolute Gasteiger partial charge is 0.507 e. The van der Waals surface area contributed by atoms with E-state index in [-0.39, 0.29) is 82.9 Å². The second-order valence-electron chi connectivity index (χ2n) is 20.8. The molecule has 412 valence electrons. The molecular weight excluding hydrogens is 1040 g/mol.